The van der Waals surface area contributed by atoms with Gasteiger partial charge in [0, 0.05) is 17.3 Å². The second-order valence-electron chi connectivity index (χ2n) is 4.65. The Bertz CT molecular complexity index is 789. The third-order valence-corrected chi connectivity index (χ3v) is 3.79. The summed E-state index contributed by atoms with van der Waals surface area (Å²) in [6.45, 7) is 3.56. The minimum Gasteiger partial charge on any atom is -0.462 e. The second kappa shape index (κ2) is 8.34. The normalized spacial score (nSPS) is 10.3. The summed E-state index contributed by atoms with van der Waals surface area (Å²) in [6.07, 6.45) is 0. The van der Waals surface area contributed by atoms with Crippen molar-refractivity contribution in [1.82, 2.24) is 9.78 Å². The smallest absolute Gasteiger partial charge is 0.373 e. The van der Waals surface area contributed by atoms with E-state index in [1.54, 1.807) is 44.2 Å². The lowest BCUT2D eigenvalue weighted by Crippen LogP contribution is -2.17. The molecule has 2 N–H and O–H groups in total. The van der Waals surface area contributed by atoms with Crippen LogP contribution in [0.25, 0.3) is 0 Å². The number of rotatable bonds is 5. The molecule has 2 rings (SSSR count). The van der Waals surface area contributed by atoms with E-state index in [-0.39, 0.29) is 29.6 Å². The molecular formula is C16H17N3O5S. The largest absolute Gasteiger partial charge is 0.462 e. The number of anilines is 1. The van der Waals surface area contributed by atoms with Crippen molar-refractivity contribution in [3.63, 3.8) is 0 Å². The first-order chi connectivity index (χ1) is 12.0. The van der Waals surface area contributed by atoms with Crippen LogP contribution in [-0.4, -0.2) is 40.2 Å². The summed E-state index contributed by atoms with van der Waals surface area (Å²) in [7, 11) is 0. The van der Waals surface area contributed by atoms with Gasteiger partial charge in [-0.05, 0) is 26.0 Å². The van der Waals surface area contributed by atoms with E-state index in [1.807, 2.05) is 0 Å². The van der Waals surface area contributed by atoms with Crippen LogP contribution < -0.4 is 5.73 Å². The van der Waals surface area contributed by atoms with Crippen molar-refractivity contribution >= 4 is 34.8 Å². The highest BCUT2D eigenvalue weighted by Gasteiger charge is 2.28. The molecule has 25 heavy (non-hydrogen) atoms. The fourth-order valence-electron chi connectivity index (χ4n) is 1.96. The maximum atomic E-state index is 12.6. The number of hydrogen-bond donors (Lipinski definition) is 1. The van der Waals surface area contributed by atoms with Crippen LogP contribution >= 0.6 is 11.8 Å². The molecule has 0 unspecified atom stereocenters. The van der Waals surface area contributed by atoms with Gasteiger partial charge in [-0.25, -0.2) is 9.59 Å². The van der Waals surface area contributed by atoms with E-state index in [0.717, 1.165) is 4.68 Å². The number of benzene rings is 1. The van der Waals surface area contributed by atoms with Crippen molar-refractivity contribution in [1.29, 1.82) is 0 Å². The minimum atomic E-state index is -0.765. The first-order valence-corrected chi connectivity index (χ1v) is 8.31. The average molecular weight is 363 g/mol. The van der Waals surface area contributed by atoms with Gasteiger partial charge in [0.1, 0.15) is 16.4 Å². The zero-order valence-electron chi connectivity index (χ0n) is 13.7. The molecule has 0 radical (unpaired) electrons. The average Bonchev–Trinajstić information content (AvgIpc) is 2.91. The van der Waals surface area contributed by atoms with Gasteiger partial charge < -0.3 is 15.2 Å². The number of nitrogens with zero attached hydrogens (tertiary/aromatic N) is 2. The molecule has 0 atom stereocenters. The van der Waals surface area contributed by atoms with E-state index in [4.69, 9.17) is 15.2 Å². The van der Waals surface area contributed by atoms with Crippen LogP contribution in [0.2, 0.25) is 0 Å². The van der Waals surface area contributed by atoms with Crippen molar-refractivity contribution in [3.05, 3.63) is 41.5 Å². The summed E-state index contributed by atoms with van der Waals surface area (Å²) < 4.78 is 10.7. The highest BCUT2D eigenvalue weighted by Crippen LogP contribution is 2.29. The Labute approximate surface area is 148 Å². The number of carbonyl (C=O) groups excluding carboxylic acids is 3. The van der Waals surface area contributed by atoms with E-state index in [9.17, 15) is 14.4 Å². The van der Waals surface area contributed by atoms with Crippen LogP contribution in [0.4, 0.5) is 10.6 Å². The molecule has 1 aromatic carbocycles. The molecule has 9 heteroatoms. The molecule has 0 spiro atoms. The molecule has 0 amide bonds. The molecular weight excluding hydrogens is 346 g/mol. The Kier molecular flexibility index (Phi) is 6.18. The number of aromatic nitrogens is 2. The molecule has 1 heterocycles. The SMILES string of the molecule is CCOC(=O)Sc1nn(C(=O)c2ccccc2)c(N)c1C(=O)OCC. The third kappa shape index (κ3) is 4.18. The van der Waals surface area contributed by atoms with Crippen molar-refractivity contribution in [3.8, 4) is 0 Å². The van der Waals surface area contributed by atoms with Crippen LogP contribution in [0, 0.1) is 0 Å². The first kappa shape index (κ1) is 18.5. The second-order valence-corrected chi connectivity index (χ2v) is 5.58. The van der Waals surface area contributed by atoms with Gasteiger partial charge >= 0.3 is 11.3 Å². The van der Waals surface area contributed by atoms with Crippen LogP contribution in [0.1, 0.15) is 34.6 Å². The highest BCUT2D eigenvalue weighted by molar-refractivity contribution is 8.13. The minimum absolute atomic E-state index is 0.0429. The van der Waals surface area contributed by atoms with Crippen LogP contribution in [0.3, 0.4) is 0 Å². The van der Waals surface area contributed by atoms with Gasteiger partial charge in [0.25, 0.3) is 5.91 Å². The van der Waals surface area contributed by atoms with Crippen molar-refractivity contribution < 1.29 is 23.9 Å². The van der Waals surface area contributed by atoms with Gasteiger partial charge in [0.2, 0.25) is 0 Å². The summed E-state index contributed by atoms with van der Waals surface area (Å²) in [5.41, 5.74) is 6.13. The van der Waals surface area contributed by atoms with Gasteiger partial charge in [-0.3, -0.25) is 4.79 Å². The van der Waals surface area contributed by atoms with Gasteiger partial charge in [-0.15, -0.1) is 0 Å². The quantitative estimate of drug-likeness (QED) is 0.637. The number of nitrogens with two attached hydrogens (primary N) is 1. The van der Waals surface area contributed by atoms with Gasteiger partial charge in [-0.1, -0.05) is 18.2 Å². The monoisotopic (exact) mass is 363 g/mol. The molecule has 0 aliphatic carbocycles. The van der Waals surface area contributed by atoms with E-state index in [0.29, 0.717) is 17.3 Å². The summed E-state index contributed by atoms with van der Waals surface area (Å²) >= 11 is 0.570. The van der Waals surface area contributed by atoms with Crippen LogP contribution in [0.15, 0.2) is 35.4 Å². The Morgan fingerprint density at radius 1 is 1.12 bits per heavy atom. The molecule has 8 nitrogen and oxygen atoms in total. The molecule has 0 aliphatic heterocycles. The molecule has 0 saturated carbocycles. The van der Waals surface area contributed by atoms with E-state index >= 15 is 0 Å². The third-order valence-electron chi connectivity index (χ3n) is 3.02. The standard InChI is InChI=1S/C16H17N3O5S/c1-3-23-15(21)11-12(17)19(14(20)10-8-6-5-7-9-10)18-13(11)25-16(22)24-4-2/h5-9H,3-4,17H2,1-2H3. The summed E-state index contributed by atoms with van der Waals surface area (Å²) in [6, 6.07) is 8.31. The maximum Gasteiger partial charge on any atom is 0.373 e. The lowest BCUT2D eigenvalue weighted by Gasteiger charge is -2.04. The fraction of sp³-hybridized carbons (Fsp3) is 0.250. The molecule has 0 bridgehead atoms. The van der Waals surface area contributed by atoms with Crippen molar-refractivity contribution in [2.45, 2.75) is 18.9 Å². The summed E-state index contributed by atoms with van der Waals surface area (Å²) in [4.78, 5) is 36.5. The molecule has 0 fully saturated rings. The maximum absolute atomic E-state index is 12.6. The Hall–Kier alpha value is -2.81. The Morgan fingerprint density at radius 3 is 2.36 bits per heavy atom. The number of carbonyl (C=O) groups is 3. The number of esters is 1. The highest BCUT2D eigenvalue weighted by atomic mass is 32.2. The lowest BCUT2D eigenvalue weighted by molar-refractivity contribution is 0.0523. The molecule has 1 aromatic heterocycles. The van der Waals surface area contributed by atoms with E-state index in [2.05, 4.69) is 5.10 Å². The Morgan fingerprint density at radius 2 is 1.76 bits per heavy atom. The number of nitrogen functional groups attached to an aromatic ring is 1. The molecule has 0 aliphatic rings. The fourth-order valence-corrected chi connectivity index (χ4v) is 2.71. The lowest BCUT2D eigenvalue weighted by atomic mass is 10.2. The number of thioether (sulfide) groups is 1. The topological polar surface area (TPSA) is 114 Å². The zero-order chi connectivity index (χ0) is 18.4. The van der Waals surface area contributed by atoms with Gasteiger partial charge in [0.15, 0.2) is 0 Å². The predicted molar refractivity (Wildman–Crippen MR) is 91.6 cm³/mol. The molecule has 0 saturated heterocycles. The molecule has 132 valence electrons. The van der Waals surface area contributed by atoms with E-state index < -0.39 is 17.2 Å². The van der Waals surface area contributed by atoms with Crippen molar-refractivity contribution in [2.75, 3.05) is 18.9 Å². The van der Waals surface area contributed by atoms with Gasteiger partial charge in [0.05, 0.1) is 13.2 Å². The van der Waals surface area contributed by atoms with Crippen LogP contribution in [-0.2, 0) is 9.47 Å². The molecule has 2 aromatic rings. The van der Waals surface area contributed by atoms with Gasteiger partial charge in [-0.2, -0.15) is 9.78 Å². The summed E-state index contributed by atoms with van der Waals surface area (Å²) in [5.74, 6) is -1.49. The zero-order valence-corrected chi connectivity index (χ0v) is 14.5. The Balaban J connectivity index is 2.46. The number of ether oxygens (including phenoxy) is 2. The van der Waals surface area contributed by atoms with Crippen molar-refractivity contribution in [2.24, 2.45) is 0 Å². The van der Waals surface area contributed by atoms with E-state index in [1.165, 1.54) is 0 Å². The first-order valence-electron chi connectivity index (χ1n) is 7.49. The number of hydrogen-bond acceptors (Lipinski definition) is 8. The predicted octanol–water partition coefficient (Wildman–Crippen LogP) is 2.58. The summed E-state index contributed by atoms with van der Waals surface area (Å²) in [5, 5.41) is 3.31. The van der Waals surface area contributed by atoms with Crippen LogP contribution in [0.5, 0.6) is 0 Å².